The molecule has 1 heterocycles. The van der Waals surface area contributed by atoms with Crippen molar-refractivity contribution in [2.75, 3.05) is 26.7 Å². The Kier molecular flexibility index (Phi) is 3.52. The SMILES string of the molecule is CN1CCNCC1c1ccc(Cl)cc1Cl. The van der Waals surface area contributed by atoms with E-state index in [0.717, 1.165) is 30.2 Å². The first kappa shape index (κ1) is 11.2. The topological polar surface area (TPSA) is 15.3 Å². The fourth-order valence-corrected chi connectivity index (χ4v) is 2.46. The number of nitrogens with one attached hydrogen (secondary N) is 1. The molecule has 0 amide bonds. The maximum atomic E-state index is 6.19. The number of nitrogens with zero attached hydrogens (tertiary/aromatic N) is 1. The third-order valence-electron chi connectivity index (χ3n) is 2.83. The lowest BCUT2D eigenvalue weighted by molar-refractivity contribution is 0.202. The number of hydrogen-bond acceptors (Lipinski definition) is 2. The first-order valence-corrected chi connectivity index (χ1v) is 5.80. The monoisotopic (exact) mass is 244 g/mol. The van der Waals surface area contributed by atoms with Gasteiger partial charge in [-0.3, -0.25) is 4.90 Å². The van der Waals surface area contributed by atoms with Crippen LogP contribution in [0.25, 0.3) is 0 Å². The van der Waals surface area contributed by atoms with Crippen molar-refractivity contribution in [1.29, 1.82) is 0 Å². The van der Waals surface area contributed by atoms with E-state index in [4.69, 9.17) is 23.2 Å². The van der Waals surface area contributed by atoms with Gasteiger partial charge in [0.2, 0.25) is 0 Å². The third kappa shape index (κ3) is 2.45. The van der Waals surface area contributed by atoms with E-state index >= 15 is 0 Å². The van der Waals surface area contributed by atoms with Crippen molar-refractivity contribution >= 4 is 23.2 Å². The molecule has 1 fully saturated rings. The molecule has 0 radical (unpaired) electrons. The van der Waals surface area contributed by atoms with E-state index in [1.165, 1.54) is 0 Å². The standard InChI is InChI=1S/C11H14Cl2N2/c1-15-5-4-14-7-11(15)9-3-2-8(12)6-10(9)13/h2-3,6,11,14H,4-5,7H2,1H3. The molecule has 82 valence electrons. The molecule has 1 aliphatic rings. The van der Waals surface area contributed by atoms with Gasteiger partial charge in [-0.15, -0.1) is 0 Å². The van der Waals surface area contributed by atoms with E-state index in [9.17, 15) is 0 Å². The molecule has 0 aliphatic carbocycles. The van der Waals surface area contributed by atoms with Crippen molar-refractivity contribution in [3.63, 3.8) is 0 Å². The lowest BCUT2D eigenvalue weighted by Gasteiger charge is -2.33. The molecule has 1 atom stereocenters. The third-order valence-corrected chi connectivity index (χ3v) is 3.39. The highest BCUT2D eigenvalue weighted by atomic mass is 35.5. The Morgan fingerprint density at radius 1 is 1.40 bits per heavy atom. The van der Waals surface area contributed by atoms with Crippen LogP contribution in [0.1, 0.15) is 11.6 Å². The van der Waals surface area contributed by atoms with Crippen LogP contribution in [0.4, 0.5) is 0 Å². The maximum Gasteiger partial charge on any atom is 0.0484 e. The highest BCUT2D eigenvalue weighted by molar-refractivity contribution is 6.35. The van der Waals surface area contributed by atoms with Crippen LogP contribution >= 0.6 is 23.2 Å². The van der Waals surface area contributed by atoms with Crippen molar-refractivity contribution in [2.45, 2.75) is 6.04 Å². The zero-order valence-corrected chi connectivity index (χ0v) is 10.1. The lowest BCUT2D eigenvalue weighted by Crippen LogP contribution is -2.43. The molecule has 0 spiro atoms. The summed E-state index contributed by atoms with van der Waals surface area (Å²) in [5.41, 5.74) is 1.15. The molecular formula is C11H14Cl2N2. The van der Waals surface area contributed by atoms with Gasteiger partial charge < -0.3 is 5.32 Å². The molecular weight excluding hydrogens is 231 g/mol. The Bertz CT molecular complexity index is 354. The molecule has 4 heteroatoms. The number of halogens is 2. The molecule has 1 saturated heterocycles. The Morgan fingerprint density at radius 3 is 2.87 bits per heavy atom. The number of piperazine rings is 1. The Hall–Kier alpha value is -0.280. The minimum atomic E-state index is 0.350. The van der Waals surface area contributed by atoms with Crippen molar-refractivity contribution in [3.05, 3.63) is 33.8 Å². The van der Waals surface area contributed by atoms with Crippen LogP contribution in [0, 0.1) is 0 Å². The number of benzene rings is 1. The first-order chi connectivity index (χ1) is 7.18. The largest absolute Gasteiger partial charge is 0.314 e. The molecule has 1 aromatic carbocycles. The lowest BCUT2D eigenvalue weighted by atomic mass is 10.0. The molecule has 1 aliphatic heterocycles. The average molecular weight is 245 g/mol. The van der Waals surface area contributed by atoms with Crippen LogP contribution in [-0.4, -0.2) is 31.6 Å². The second kappa shape index (κ2) is 4.71. The van der Waals surface area contributed by atoms with E-state index in [1.54, 1.807) is 6.07 Å². The highest BCUT2D eigenvalue weighted by Gasteiger charge is 2.22. The Balaban J connectivity index is 2.27. The Labute approximate surface area is 100 Å². The van der Waals surface area contributed by atoms with Gasteiger partial charge in [-0.2, -0.15) is 0 Å². The fourth-order valence-electron chi connectivity index (χ4n) is 1.93. The van der Waals surface area contributed by atoms with Gasteiger partial charge in [0.05, 0.1) is 0 Å². The van der Waals surface area contributed by atoms with E-state index in [0.29, 0.717) is 11.1 Å². The van der Waals surface area contributed by atoms with Crippen molar-refractivity contribution in [1.82, 2.24) is 10.2 Å². The number of rotatable bonds is 1. The summed E-state index contributed by atoms with van der Waals surface area (Å²) < 4.78 is 0. The molecule has 0 bridgehead atoms. The summed E-state index contributed by atoms with van der Waals surface area (Å²) in [6.45, 7) is 3.03. The van der Waals surface area contributed by atoms with Gasteiger partial charge in [0.15, 0.2) is 0 Å². The second-order valence-corrected chi connectivity index (χ2v) is 4.71. The van der Waals surface area contributed by atoms with Crippen LogP contribution in [0.5, 0.6) is 0 Å². The van der Waals surface area contributed by atoms with Gasteiger partial charge in [-0.25, -0.2) is 0 Å². The zero-order valence-electron chi connectivity index (χ0n) is 8.63. The minimum absolute atomic E-state index is 0.350. The average Bonchev–Trinajstić information content (AvgIpc) is 2.20. The summed E-state index contributed by atoms with van der Waals surface area (Å²) in [5, 5.41) is 4.82. The van der Waals surface area contributed by atoms with Crippen molar-refractivity contribution < 1.29 is 0 Å². The van der Waals surface area contributed by atoms with Crippen LogP contribution in [0.3, 0.4) is 0 Å². The summed E-state index contributed by atoms with van der Waals surface area (Å²) in [4.78, 5) is 2.31. The van der Waals surface area contributed by atoms with E-state index < -0.39 is 0 Å². The molecule has 0 aromatic heterocycles. The zero-order chi connectivity index (χ0) is 10.8. The van der Waals surface area contributed by atoms with Crippen molar-refractivity contribution in [3.8, 4) is 0 Å². The van der Waals surface area contributed by atoms with Gasteiger partial charge in [0, 0.05) is 35.7 Å². The normalized spacial score (nSPS) is 23.0. The van der Waals surface area contributed by atoms with E-state index in [2.05, 4.69) is 17.3 Å². The summed E-state index contributed by atoms with van der Waals surface area (Å²) in [7, 11) is 2.12. The predicted molar refractivity (Wildman–Crippen MR) is 64.7 cm³/mol. The summed E-state index contributed by atoms with van der Waals surface area (Å²) in [6.07, 6.45) is 0. The molecule has 2 rings (SSSR count). The maximum absolute atomic E-state index is 6.19. The molecule has 15 heavy (non-hydrogen) atoms. The fraction of sp³-hybridized carbons (Fsp3) is 0.455. The van der Waals surface area contributed by atoms with Gasteiger partial charge in [0.1, 0.15) is 0 Å². The molecule has 2 nitrogen and oxygen atoms in total. The molecule has 1 aromatic rings. The van der Waals surface area contributed by atoms with Crippen LogP contribution < -0.4 is 5.32 Å². The minimum Gasteiger partial charge on any atom is -0.314 e. The molecule has 0 saturated carbocycles. The van der Waals surface area contributed by atoms with E-state index in [1.807, 2.05) is 12.1 Å². The smallest absolute Gasteiger partial charge is 0.0484 e. The van der Waals surface area contributed by atoms with Gasteiger partial charge >= 0.3 is 0 Å². The summed E-state index contributed by atoms with van der Waals surface area (Å²) >= 11 is 12.1. The van der Waals surface area contributed by atoms with Crippen molar-refractivity contribution in [2.24, 2.45) is 0 Å². The number of hydrogen-bond donors (Lipinski definition) is 1. The second-order valence-electron chi connectivity index (χ2n) is 3.87. The first-order valence-electron chi connectivity index (χ1n) is 5.04. The Morgan fingerprint density at radius 2 is 2.20 bits per heavy atom. The number of likely N-dealkylation sites (N-methyl/N-ethyl adjacent to an activating group) is 1. The molecule has 1 unspecified atom stereocenters. The molecule has 1 N–H and O–H groups in total. The van der Waals surface area contributed by atoms with Crippen LogP contribution in [0.15, 0.2) is 18.2 Å². The quantitative estimate of drug-likeness (QED) is 0.818. The predicted octanol–water partition coefficient (Wildman–Crippen LogP) is 2.57. The van der Waals surface area contributed by atoms with Crippen LogP contribution in [-0.2, 0) is 0 Å². The summed E-state index contributed by atoms with van der Waals surface area (Å²) in [5.74, 6) is 0. The summed E-state index contributed by atoms with van der Waals surface area (Å²) in [6, 6.07) is 6.06. The van der Waals surface area contributed by atoms with Gasteiger partial charge in [-0.1, -0.05) is 29.3 Å². The van der Waals surface area contributed by atoms with Gasteiger partial charge in [0.25, 0.3) is 0 Å². The van der Waals surface area contributed by atoms with Gasteiger partial charge in [-0.05, 0) is 24.7 Å². The van der Waals surface area contributed by atoms with Crippen LogP contribution in [0.2, 0.25) is 10.0 Å². The van der Waals surface area contributed by atoms with E-state index in [-0.39, 0.29) is 0 Å². The highest BCUT2D eigenvalue weighted by Crippen LogP contribution is 2.29.